The Morgan fingerprint density at radius 2 is 2.05 bits per heavy atom. The van der Waals surface area contributed by atoms with Crippen molar-refractivity contribution in [3.63, 3.8) is 0 Å². The van der Waals surface area contributed by atoms with Crippen LogP contribution in [0.25, 0.3) is 0 Å². The SMILES string of the molecule is Cc1cccc(NCC(=O)N/N=C/c2cccc(C)n2)c1. The van der Waals surface area contributed by atoms with Crippen molar-refractivity contribution in [2.24, 2.45) is 5.10 Å². The maximum Gasteiger partial charge on any atom is 0.259 e. The first-order valence-corrected chi connectivity index (χ1v) is 6.69. The summed E-state index contributed by atoms with van der Waals surface area (Å²) >= 11 is 0. The van der Waals surface area contributed by atoms with Crippen LogP contribution in [-0.4, -0.2) is 23.7 Å². The standard InChI is InChI=1S/C16H18N4O/c1-12-5-3-7-14(9-12)17-11-16(21)20-18-10-15-8-4-6-13(2)19-15/h3-10,17H,11H2,1-2H3,(H,20,21)/b18-10+. The smallest absolute Gasteiger partial charge is 0.259 e. The second-order valence-corrected chi connectivity index (χ2v) is 4.72. The molecule has 1 heterocycles. The van der Waals surface area contributed by atoms with Gasteiger partial charge in [0, 0.05) is 11.4 Å². The van der Waals surface area contributed by atoms with Crippen LogP contribution in [0.2, 0.25) is 0 Å². The summed E-state index contributed by atoms with van der Waals surface area (Å²) in [7, 11) is 0. The number of aryl methyl sites for hydroxylation is 2. The van der Waals surface area contributed by atoms with Crippen LogP contribution < -0.4 is 10.7 Å². The molecular weight excluding hydrogens is 264 g/mol. The molecule has 0 fully saturated rings. The lowest BCUT2D eigenvalue weighted by Gasteiger charge is -2.05. The van der Waals surface area contributed by atoms with Gasteiger partial charge in [0.25, 0.3) is 5.91 Å². The summed E-state index contributed by atoms with van der Waals surface area (Å²) in [5, 5.41) is 6.93. The molecule has 0 spiro atoms. The third kappa shape index (κ3) is 5.06. The molecule has 1 amide bonds. The van der Waals surface area contributed by atoms with Crippen LogP contribution in [0.4, 0.5) is 5.69 Å². The first-order chi connectivity index (χ1) is 10.1. The average Bonchev–Trinajstić information content (AvgIpc) is 2.45. The van der Waals surface area contributed by atoms with E-state index in [1.807, 2.05) is 56.3 Å². The third-order valence-electron chi connectivity index (χ3n) is 2.77. The van der Waals surface area contributed by atoms with Crippen LogP contribution in [0.15, 0.2) is 47.6 Å². The zero-order valence-corrected chi connectivity index (χ0v) is 12.1. The van der Waals surface area contributed by atoms with E-state index in [-0.39, 0.29) is 12.5 Å². The normalized spacial score (nSPS) is 10.6. The Hall–Kier alpha value is -2.69. The van der Waals surface area contributed by atoms with Gasteiger partial charge in [-0.25, -0.2) is 5.43 Å². The van der Waals surface area contributed by atoms with Crippen molar-refractivity contribution < 1.29 is 4.79 Å². The number of nitrogens with one attached hydrogen (secondary N) is 2. The van der Waals surface area contributed by atoms with Crippen LogP contribution >= 0.6 is 0 Å². The molecule has 0 bridgehead atoms. The maximum absolute atomic E-state index is 11.7. The minimum absolute atomic E-state index is 0.169. The van der Waals surface area contributed by atoms with Gasteiger partial charge in [-0.05, 0) is 43.7 Å². The van der Waals surface area contributed by atoms with Gasteiger partial charge in [-0.2, -0.15) is 5.10 Å². The van der Waals surface area contributed by atoms with Crippen molar-refractivity contribution in [3.05, 3.63) is 59.4 Å². The summed E-state index contributed by atoms with van der Waals surface area (Å²) in [5.74, 6) is -0.208. The van der Waals surface area contributed by atoms with Crippen LogP contribution in [0.1, 0.15) is 17.0 Å². The molecule has 2 rings (SSSR count). The molecule has 2 N–H and O–H groups in total. The highest BCUT2D eigenvalue weighted by atomic mass is 16.2. The molecule has 108 valence electrons. The molecule has 0 aliphatic carbocycles. The van der Waals surface area contributed by atoms with Gasteiger partial charge in [0.15, 0.2) is 0 Å². The fraction of sp³-hybridized carbons (Fsp3) is 0.188. The zero-order valence-electron chi connectivity index (χ0n) is 12.1. The topological polar surface area (TPSA) is 66.4 Å². The summed E-state index contributed by atoms with van der Waals surface area (Å²) in [6.45, 7) is 4.08. The van der Waals surface area contributed by atoms with E-state index in [1.54, 1.807) is 0 Å². The molecule has 0 aliphatic heterocycles. The second kappa shape index (κ2) is 7.19. The minimum atomic E-state index is -0.208. The van der Waals surface area contributed by atoms with Crippen LogP contribution in [0, 0.1) is 13.8 Å². The Bertz CT molecular complexity index is 652. The van der Waals surface area contributed by atoms with E-state index < -0.39 is 0 Å². The number of carbonyl (C=O) groups excluding carboxylic acids is 1. The molecule has 0 unspecified atom stereocenters. The first-order valence-electron chi connectivity index (χ1n) is 6.69. The number of nitrogens with zero attached hydrogens (tertiary/aromatic N) is 2. The fourth-order valence-electron chi connectivity index (χ4n) is 1.78. The largest absolute Gasteiger partial charge is 0.376 e. The number of hydrazone groups is 1. The van der Waals surface area contributed by atoms with Gasteiger partial charge in [-0.1, -0.05) is 18.2 Å². The lowest BCUT2D eigenvalue weighted by Crippen LogP contribution is -2.25. The summed E-state index contributed by atoms with van der Waals surface area (Å²) in [4.78, 5) is 15.9. The Morgan fingerprint density at radius 3 is 2.81 bits per heavy atom. The minimum Gasteiger partial charge on any atom is -0.376 e. The Balaban J connectivity index is 1.80. The molecule has 0 atom stereocenters. The fourth-order valence-corrected chi connectivity index (χ4v) is 1.78. The Morgan fingerprint density at radius 1 is 1.24 bits per heavy atom. The van der Waals surface area contributed by atoms with Crippen molar-refractivity contribution in [1.82, 2.24) is 10.4 Å². The molecule has 0 saturated carbocycles. The number of hydrogen-bond donors (Lipinski definition) is 2. The van der Waals surface area contributed by atoms with E-state index in [9.17, 15) is 4.79 Å². The molecule has 0 aliphatic rings. The van der Waals surface area contributed by atoms with E-state index in [2.05, 4.69) is 20.8 Å². The molecule has 0 radical (unpaired) electrons. The number of pyridine rings is 1. The van der Waals surface area contributed by atoms with Crippen molar-refractivity contribution >= 4 is 17.8 Å². The number of carbonyl (C=O) groups is 1. The molecule has 2 aromatic rings. The summed E-state index contributed by atoms with van der Waals surface area (Å²) < 4.78 is 0. The Kier molecular flexibility index (Phi) is 5.04. The van der Waals surface area contributed by atoms with E-state index in [0.717, 1.165) is 16.9 Å². The number of hydrogen-bond acceptors (Lipinski definition) is 4. The highest BCUT2D eigenvalue weighted by Gasteiger charge is 1.99. The van der Waals surface area contributed by atoms with Gasteiger partial charge >= 0.3 is 0 Å². The lowest BCUT2D eigenvalue weighted by atomic mass is 10.2. The van der Waals surface area contributed by atoms with Crippen LogP contribution in [-0.2, 0) is 4.79 Å². The van der Waals surface area contributed by atoms with Crippen LogP contribution in [0.3, 0.4) is 0 Å². The highest BCUT2D eigenvalue weighted by Crippen LogP contribution is 2.08. The van der Waals surface area contributed by atoms with Gasteiger partial charge in [0.05, 0.1) is 18.5 Å². The third-order valence-corrected chi connectivity index (χ3v) is 2.77. The van der Waals surface area contributed by atoms with Gasteiger partial charge < -0.3 is 5.32 Å². The van der Waals surface area contributed by atoms with Gasteiger partial charge in [-0.15, -0.1) is 0 Å². The quantitative estimate of drug-likeness (QED) is 0.653. The molecule has 21 heavy (non-hydrogen) atoms. The lowest BCUT2D eigenvalue weighted by molar-refractivity contribution is -0.119. The van der Waals surface area contributed by atoms with Crippen molar-refractivity contribution in [1.29, 1.82) is 0 Å². The second-order valence-electron chi connectivity index (χ2n) is 4.72. The predicted octanol–water partition coefficient (Wildman–Crippen LogP) is 2.26. The van der Waals surface area contributed by atoms with Gasteiger partial charge in [0.2, 0.25) is 0 Å². The molecule has 1 aromatic carbocycles. The average molecular weight is 282 g/mol. The molecule has 5 nitrogen and oxygen atoms in total. The summed E-state index contributed by atoms with van der Waals surface area (Å²) in [6, 6.07) is 13.5. The van der Waals surface area contributed by atoms with Gasteiger partial charge in [-0.3, -0.25) is 9.78 Å². The predicted molar refractivity (Wildman–Crippen MR) is 84.4 cm³/mol. The maximum atomic E-state index is 11.7. The monoisotopic (exact) mass is 282 g/mol. The number of benzene rings is 1. The van der Waals surface area contributed by atoms with E-state index in [1.165, 1.54) is 6.21 Å². The van der Waals surface area contributed by atoms with Crippen molar-refractivity contribution in [2.75, 3.05) is 11.9 Å². The molecule has 0 saturated heterocycles. The first kappa shape index (κ1) is 14.7. The van der Waals surface area contributed by atoms with Gasteiger partial charge in [0.1, 0.15) is 0 Å². The Labute approximate surface area is 124 Å². The molecule has 1 aromatic heterocycles. The van der Waals surface area contributed by atoms with E-state index in [0.29, 0.717) is 5.69 Å². The highest BCUT2D eigenvalue weighted by molar-refractivity contribution is 5.83. The number of rotatable bonds is 5. The molecule has 5 heteroatoms. The van der Waals surface area contributed by atoms with Crippen molar-refractivity contribution in [2.45, 2.75) is 13.8 Å². The number of anilines is 1. The summed E-state index contributed by atoms with van der Waals surface area (Å²) in [5.41, 5.74) is 6.14. The number of aromatic nitrogens is 1. The van der Waals surface area contributed by atoms with E-state index in [4.69, 9.17) is 0 Å². The number of amides is 1. The zero-order chi connectivity index (χ0) is 15.1. The molecular formula is C16H18N4O. The van der Waals surface area contributed by atoms with Crippen LogP contribution in [0.5, 0.6) is 0 Å². The van der Waals surface area contributed by atoms with E-state index >= 15 is 0 Å². The van der Waals surface area contributed by atoms with Crippen molar-refractivity contribution in [3.8, 4) is 0 Å². The summed E-state index contributed by atoms with van der Waals surface area (Å²) in [6.07, 6.45) is 1.53.